The molecule has 0 amide bonds. The first kappa shape index (κ1) is 10.6. The fourth-order valence-electron chi connectivity index (χ4n) is 2.42. The number of nitrogens with two attached hydrogens (primary N) is 1. The Balaban J connectivity index is 2.26. The second-order valence-electron chi connectivity index (χ2n) is 4.66. The van der Waals surface area contributed by atoms with Crippen molar-refractivity contribution >= 4 is 0 Å². The molecule has 1 heterocycles. The Hall–Kier alpha value is -0.870. The van der Waals surface area contributed by atoms with Crippen LogP contribution in [-0.4, -0.2) is 21.4 Å². The predicted molar refractivity (Wildman–Crippen MR) is 58.2 cm³/mol. The summed E-state index contributed by atoms with van der Waals surface area (Å²) in [5.74, 6) is 0. The molecule has 1 aliphatic rings. The summed E-state index contributed by atoms with van der Waals surface area (Å²) in [5.41, 5.74) is 7.51. The average molecular weight is 209 g/mol. The van der Waals surface area contributed by atoms with Crippen LogP contribution < -0.4 is 5.73 Å². The third-order valence-corrected chi connectivity index (χ3v) is 3.65. The topological polar surface area (TPSA) is 64.1 Å². The number of aryl methyl sites for hydroxylation is 2. The Bertz CT molecular complexity index is 349. The lowest BCUT2D eigenvalue weighted by Gasteiger charge is -2.44. The van der Waals surface area contributed by atoms with Crippen LogP contribution in [0.5, 0.6) is 0 Å². The normalized spacial score (nSPS) is 21.1. The van der Waals surface area contributed by atoms with E-state index < -0.39 is 6.10 Å². The Morgan fingerprint density at radius 3 is 2.67 bits per heavy atom. The van der Waals surface area contributed by atoms with Gasteiger partial charge in [-0.25, -0.2) is 0 Å². The highest BCUT2D eigenvalue weighted by atomic mass is 16.3. The van der Waals surface area contributed by atoms with E-state index in [1.165, 1.54) is 6.42 Å². The van der Waals surface area contributed by atoms with E-state index >= 15 is 0 Å². The van der Waals surface area contributed by atoms with E-state index in [2.05, 4.69) is 5.10 Å². The quantitative estimate of drug-likeness (QED) is 0.777. The molecule has 3 N–H and O–H groups in total. The zero-order chi connectivity index (χ0) is 11.1. The Labute approximate surface area is 90.1 Å². The van der Waals surface area contributed by atoms with Crippen molar-refractivity contribution in [2.24, 2.45) is 18.2 Å². The van der Waals surface area contributed by atoms with Gasteiger partial charge in [0.2, 0.25) is 0 Å². The molecule has 4 nitrogen and oxygen atoms in total. The molecule has 0 saturated heterocycles. The van der Waals surface area contributed by atoms with Gasteiger partial charge in [0.05, 0.1) is 11.4 Å². The molecule has 1 aromatic heterocycles. The average Bonchev–Trinajstić information content (AvgIpc) is 2.44. The van der Waals surface area contributed by atoms with Crippen LogP contribution in [0.15, 0.2) is 6.07 Å². The first-order valence-electron chi connectivity index (χ1n) is 5.48. The van der Waals surface area contributed by atoms with E-state index in [0.29, 0.717) is 6.54 Å². The number of aliphatic hydroxyl groups is 1. The van der Waals surface area contributed by atoms with E-state index in [9.17, 15) is 5.11 Å². The van der Waals surface area contributed by atoms with Gasteiger partial charge >= 0.3 is 0 Å². The van der Waals surface area contributed by atoms with Crippen molar-refractivity contribution in [3.8, 4) is 0 Å². The van der Waals surface area contributed by atoms with Crippen LogP contribution in [-0.2, 0) is 7.05 Å². The summed E-state index contributed by atoms with van der Waals surface area (Å²) in [6, 6.07) is 1.94. The second-order valence-corrected chi connectivity index (χ2v) is 4.66. The highest BCUT2D eigenvalue weighted by molar-refractivity contribution is 5.16. The molecule has 1 fully saturated rings. The SMILES string of the molecule is Cc1cc(C(O)C2(CN)CCC2)n(C)n1. The molecule has 84 valence electrons. The van der Waals surface area contributed by atoms with Crippen molar-refractivity contribution in [1.82, 2.24) is 9.78 Å². The van der Waals surface area contributed by atoms with Crippen molar-refractivity contribution in [2.75, 3.05) is 6.54 Å². The van der Waals surface area contributed by atoms with E-state index in [0.717, 1.165) is 24.2 Å². The summed E-state index contributed by atoms with van der Waals surface area (Å²) in [7, 11) is 1.87. The Morgan fingerprint density at radius 1 is 1.67 bits per heavy atom. The summed E-state index contributed by atoms with van der Waals surface area (Å²) in [6.45, 7) is 2.49. The lowest BCUT2D eigenvalue weighted by atomic mass is 9.64. The molecular formula is C11H19N3O. The van der Waals surface area contributed by atoms with Crippen LogP contribution >= 0.6 is 0 Å². The van der Waals surface area contributed by atoms with Crippen molar-refractivity contribution in [3.63, 3.8) is 0 Å². The van der Waals surface area contributed by atoms with Crippen LogP contribution in [0, 0.1) is 12.3 Å². The van der Waals surface area contributed by atoms with Gasteiger partial charge in [0.15, 0.2) is 0 Å². The number of hydrogen-bond acceptors (Lipinski definition) is 3. The number of aromatic nitrogens is 2. The molecule has 0 aliphatic heterocycles. The maximum atomic E-state index is 10.3. The molecular weight excluding hydrogens is 190 g/mol. The maximum absolute atomic E-state index is 10.3. The molecule has 0 bridgehead atoms. The lowest BCUT2D eigenvalue weighted by molar-refractivity contribution is -0.0342. The third-order valence-electron chi connectivity index (χ3n) is 3.65. The Morgan fingerprint density at radius 2 is 2.33 bits per heavy atom. The van der Waals surface area contributed by atoms with Crippen molar-refractivity contribution in [3.05, 3.63) is 17.5 Å². The molecule has 1 aliphatic carbocycles. The highest BCUT2D eigenvalue weighted by Gasteiger charge is 2.44. The fourth-order valence-corrected chi connectivity index (χ4v) is 2.42. The van der Waals surface area contributed by atoms with Gasteiger partial charge in [-0.2, -0.15) is 5.10 Å². The van der Waals surface area contributed by atoms with Crippen molar-refractivity contribution in [1.29, 1.82) is 0 Å². The third kappa shape index (κ3) is 1.58. The minimum atomic E-state index is -0.470. The zero-order valence-corrected chi connectivity index (χ0v) is 9.40. The summed E-state index contributed by atoms with van der Waals surface area (Å²) in [6.07, 6.45) is 2.75. The van der Waals surface area contributed by atoms with Gasteiger partial charge in [-0.05, 0) is 25.8 Å². The summed E-state index contributed by atoms with van der Waals surface area (Å²) in [5, 5.41) is 14.6. The zero-order valence-electron chi connectivity index (χ0n) is 9.40. The second kappa shape index (κ2) is 3.61. The van der Waals surface area contributed by atoms with E-state index in [-0.39, 0.29) is 5.41 Å². The predicted octanol–water partition coefficient (Wildman–Crippen LogP) is 0.891. The standard InChI is InChI=1S/C11H19N3O/c1-8-6-9(14(2)13-8)10(15)11(7-12)4-3-5-11/h6,10,15H,3-5,7,12H2,1-2H3. The van der Waals surface area contributed by atoms with Gasteiger partial charge in [0, 0.05) is 19.0 Å². The number of rotatable bonds is 3. The molecule has 0 radical (unpaired) electrons. The van der Waals surface area contributed by atoms with Gasteiger partial charge in [-0.3, -0.25) is 4.68 Å². The minimum Gasteiger partial charge on any atom is -0.386 e. The molecule has 0 aromatic carbocycles. The molecule has 0 spiro atoms. The summed E-state index contributed by atoms with van der Waals surface area (Å²) >= 11 is 0. The molecule has 4 heteroatoms. The Kier molecular flexibility index (Phi) is 2.56. The van der Waals surface area contributed by atoms with E-state index in [1.54, 1.807) is 4.68 Å². The molecule has 1 atom stereocenters. The molecule has 1 unspecified atom stereocenters. The number of aliphatic hydroxyl groups excluding tert-OH is 1. The van der Waals surface area contributed by atoms with Gasteiger partial charge in [0.25, 0.3) is 0 Å². The first-order chi connectivity index (χ1) is 7.09. The molecule has 1 aromatic rings. The van der Waals surface area contributed by atoms with Crippen LogP contribution in [0.25, 0.3) is 0 Å². The van der Waals surface area contributed by atoms with E-state index in [1.807, 2.05) is 20.0 Å². The fraction of sp³-hybridized carbons (Fsp3) is 0.727. The highest BCUT2D eigenvalue weighted by Crippen LogP contribution is 2.49. The maximum Gasteiger partial charge on any atom is 0.102 e. The molecule has 1 saturated carbocycles. The van der Waals surface area contributed by atoms with Crippen LogP contribution in [0.3, 0.4) is 0 Å². The van der Waals surface area contributed by atoms with Crippen LogP contribution in [0.1, 0.15) is 36.8 Å². The van der Waals surface area contributed by atoms with Crippen molar-refractivity contribution in [2.45, 2.75) is 32.3 Å². The van der Waals surface area contributed by atoms with Crippen molar-refractivity contribution < 1.29 is 5.11 Å². The summed E-state index contributed by atoms with van der Waals surface area (Å²) in [4.78, 5) is 0. The van der Waals surface area contributed by atoms with Gasteiger partial charge in [0.1, 0.15) is 6.10 Å². The number of hydrogen-bond donors (Lipinski definition) is 2. The summed E-state index contributed by atoms with van der Waals surface area (Å²) < 4.78 is 1.76. The van der Waals surface area contributed by atoms with Gasteiger partial charge < -0.3 is 10.8 Å². The monoisotopic (exact) mass is 209 g/mol. The largest absolute Gasteiger partial charge is 0.386 e. The smallest absolute Gasteiger partial charge is 0.102 e. The minimum absolute atomic E-state index is 0.0970. The molecule has 2 rings (SSSR count). The van der Waals surface area contributed by atoms with Crippen LogP contribution in [0.2, 0.25) is 0 Å². The first-order valence-corrected chi connectivity index (χ1v) is 5.48. The molecule has 15 heavy (non-hydrogen) atoms. The number of nitrogens with zero attached hydrogens (tertiary/aromatic N) is 2. The van der Waals surface area contributed by atoms with Crippen LogP contribution in [0.4, 0.5) is 0 Å². The van der Waals surface area contributed by atoms with E-state index in [4.69, 9.17) is 5.73 Å². The lowest BCUT2D eigenvalue weighted by Crippen LogP contribution is -2.43. The van der Waals surface area contributed by atoms with Gasteiger partial charge in [-0.15, -0.1) is 0 Å². The van der Waals surface area contributed by atoms with Gasteiger partial charge in [-0.1, -0.05) is 6.42 Å².